The van der Waals surface area contributed by atoms with Crippen LogP contribution in [0.1, 0.15) is 90.3 Å². The number of para-hydroxylation sites is 1. The number of amides is 9. The minimum absolute atomic E-state index is 0. The molecule has 1 aliphatic rings. The Morgan fingerprint density at radius 2 is 1.35 bits per heavy atom. The van der Waals surface area contributed by atoms with Gasteiger partial charge in [-0.2, -0.15) is 0 Å². The van der Waals surface area contributed by atoms with E-state index in [1.165, 1.54) is 29.2 Å². The number of phenols is 1. The zero-order chi connectivity index (χ0) is 62.2. The smallest absolute Gasteiger partial charge is 0.408 e. The predicted molar refractivity (Wildman–Crippen MR) is 323 cm³/mol. The number of nitrogens with one attached hydrogen (secondary N) is 9. The lowest BCUT2D eigenvalue weighted by molar-refractivity contribution is -0.142. The highest BCUT2D eigenvalue weighted by Crippen LogP contribution is 2.22. The van der Waals surface area contributed by atoms with E-state index in [0.29, 0.717) is 30.5 Å². The van der Waals surface area contributed by atoms with Gasteiger partial charge in [-0.25, -0.2) is 4.79 Å². The average Bonchev–Trinajstić information content (AvgIpc) is 4.36. The first-order valence-corrected chi connectivity index (χ1v) is 28.4. The van der Waals surface area contributed by atoms with E-state index in [0.717, 1.165) is 16.5 Å². The maximum atomic E-state index is 14.5. The van der Waals surface area contributed by atoms with E-state index in [-0.39, 0.29) is 94.3 Å². The Kier molecular flexibility index (Phi) is 28.1. The molecule has 0 aliphatic carbocycles. The molecule has 0 saturated carbocycles. The number of likely N-dealkylation sites (tertiary alicyclic amines) is 1. The summed E-state index contributed by atoms with van der Waals surface area (Å²) in [6, 6.07) is 12.8. The third-order valence-corrected chi connectivity index (χ3v) is 13.5. The number of H-pyrrole nitrogens is 1. The summed E-state index contributed by atoms with van der Waals surface area (Å²) in [5.74, 6) is -6.46. The van der Waals surface area contributed by atoms with E-state index < -0.39 is 108 Å². The Morgan fingerprint density at radius 1 is 0.733 bits per heavy atom. The van der Waals surface area contributed by atoms with Crippen LogP contribution >= 0.6 is 12.4 Å². The average molecular weight is 1220 g/mol. The summed E-state index contributed by atoms with van der Waals surface area (Å²) in [6.07, 6.45) is 1.82. The first kappa shape index (κ1) is 70.0. The van der Waals surface area contributed by atoms with Crippen molar-refractivity contribution in [3.63, 3.8) is 0 Å². The molecule has 5 rings (SSSR count). The summed E-state index contributed by atoms with van der Waals surface area (Å²) < 4.78 is 11.3. The van der Waals surface area contributed by atoms with Crippen molar-refractivity contribution in [1.29, 1.82) is 0 Å². The number of guanidine groups is 1. The number of nitrogens with zero attached hydrogens (tertiary/aromatic N) is 2. The SMILES string of the molecule is CCNC(=O)[C@@H]1CCCN1C(=O)[C@H](CCCN=C(N)N)NC(=O)[C@H](CC(C)C)NC(=O)CNC(=O)[C@H](Cc1ccc(O)cc1)NC(=O)[C@H](CO)NC(=O)[C@H](Cc1c[nH]c2ccccc12)NC(=O)[C@H](COCc1ccccc1)NC(=O)OC(C)(C)C.Cl. The van der Waals surface area contributed by atoms with Crippen molar-refractivity contribution in [2.24, 2.45) is 22.4 Å². The molecule has 15 N–H and O–H groups in total. The Hall–Kier alpha value is -8.49. The van der Waals surface area contributed by atoms with Crippen molar-refractivity contribution in [3.8, 4) is 5.75 Å². The second-order valence-electron chi connectivity index (χ2n) is 22.1. The van der Waals surface area contributed by atoms with Gasteiger partial charge < -0.3 is 83.6 Å². The second-order valence-corrected chi connectivity index (χ2v) is 22.1. The molecular formula is C59H84ClN13O13. The number of alkyl carbamates (subject to hydrolysis) is 1. The molecule has 1 fully saturated rings. The summed E-state index contributed by atoms with van der Waals surface area (Å²) in [7, 11) is 0. The van der Waals surface area contributed by atoms with Crippen LogP contribution < -0.4 is 54.0 Å². The van der Waals surface area contributed by atoms with Gasteiger partial charge in [-0.3, -0.25) is 43.3 Å². The maximum Gasteiger partial charge on any atom is 0.408 e. The third-order valence-electron chi connectivity index (χ3n) is 13.5. The normalized spacial score (nSPS) is 15.0. The standard InChI is InChI=1S/C59H83N13O13.ClH/c1-7-62-55(81)48-20-14-26-72(48)56(82)42(19-13-25-63-57(60)61)67-51(77)43(27-35(2)3)66-49(75)31-65-50(76)44(28-36-21-23-39(74)24-22-36)68-53(79)46(32-73)70-52(78)45(29-38-30-64-41-18-12-11-17-40(38)41)69-54(80)47(71-58(83)85-59(4,5)6)34-84-33-37-15-9-8-10-16-37;/h8-12,15-18,21-24,30,35,42-48,64,73-74H,7,13-14,19-20,25-29,31-34H2,1-6H3,(H,62,81)(H,65,76)(H,66,75)(H,67,77)(H,68,79)(H,69,80)(H,70,78)(H,71,83)(H4,60,61,63);1H/t42-,43-,44-,45-,46-,47-,48-;/m0./s1. The number of carbonyl (C=O) groups excluding carboxylic acids is 9. The fourth-order valence-corrected chi connectivity index (χ4v) is 9.39. The second kappa shape index (κ2) is 34.5. The van der Waals surface area contributed by atoms with Crippen molar-refractivity contribution < 1.29 is 62.8 Å². The molecule has 1 aromatic heterocycles. The molecule has 2 heterocycles. The molecule has 7 atom stereocenters. The fourth-order valence-electron chi connectivity index (χ4n) is 9.39. The quantitative estimate of drug-likeness (QED) is 0.0190. The Morgan fingerprint density at radius 3 is 2.00 bits per heavy atom. The number of ether oxygens (including phenoxy) is 2. The number of likely N-dealkylation sites (N-methyl/N-ethyl adjacent to an activating group) is 1. The van der Waals surface area contributed by atoms with Crippen LogP contribution in [-0.4, -0.2) is 167 Å². The minimum Gasteiger partial charge on any atom is -0.508 e. The first-order chi connectivity index (χ1) is 40.4. The zero-order valence-electron chi connectivity index (χ0n) is 49.4. The lowest BCUT2D eigenvalue weighted by atomic mass is 10.0. The lowest BCUT2D eigenvalue weighted by Gasteiger charge is -2.30. The summed E-state index contributed by atoms with van der Waals surface area (Å²) in [5.41, 5.74) is 12.6. The molecule has 0 spiro atoms. The zero-order valence-corrected chi connectivity index (χ0v) is 50.3. The maximum absolute atomic E-state index is 14.5. The summed E-state index contributed by atoms with van der Waals surface area (Å²) in [4.78, 5) is 133. The molecule has 1 saturated heterocycles. The van der Waals surface area contributed by atoms with E-state index >= 15 is 0 Å². The molecule has 86 heavy (non-hydrogen) atoms. The molecule has 0 unspecified atom stereocenters. The van der Waals surface area contributed by atoms with Crippen LogP contribution in [-0.2, 0) is 67.3 Å². The Balaban J connectivity index is 0.0000158. The largest absolute Gasteiger partial charge is 0.508 e. The first-order valence-electron chi connectivity index (χ1n) is 28.4. The molecule has 4 aromatic rings. The minimum atomic E-state index is -1.74. The topological polar surface area (TPSA) is 392 Å². The number of aromatic hydroxyl groups is 1. The van der Waals surface area contributed by atoms with Gasteiger partial charge in [0.05, 0.1) is 26.4 Å². The molecule has 9 amide bonds. The highest BCUT2D eigenvalue weighted by molar-refractivity contribution is 5.98. The number of phenolic OH excluding ortho intramolecular Hbond substituents is 1. The monoisotopic (exact) mass is 1220 g/mol. The van der Waals surface area contributed by atoms with Gasteiger partial charge in [0.1, 0.15) is 53.6 Å². The van der Waals surface area contributed by atoms with Crippen molar-refractivity contribution >= 4 is 82.6 Å². The van der Waals surface area contributed by atoms with Gasteiger partial charge in [-0.1, -0.05) is 74.5 Å². The van der Waals surface area contributed by atoms with Gasteiger partial charge in [-0.05, 0) is 101 Å². The van der Waals surface area contributed by atoms with E-state index in [1.54, 1.807) is 46.0 Å². The molecule has 3 aromatic carbocycles. The summed E-state index contributed by atoms with van der Waals surface area (Å²) in [5, 5.41) is 42.3. The van der Waals surface area contributed by atoms with Crippen LogP contribution in [0, 0.1) is 5.92 Å². The number of hydrogen-bond acceptors (Lipinski definition) is 14. The van der Waals surface area contributed by atoms with Crippen molar-refractivity contribution in [2.45, 2.75) is 141 Å². The fraction of sp³-hybridized carbons (Fsp3) is 0.492. The highest BCUT2D eigenvalue weighted by atomic mass is 35.5. The van der Waals surface area contributed by atoms with Gasteiger partial charge >= 0.3 is 6.09 Å². The van der Waals surface area contributed by atoms with Crippen molar-refractivity contribution in [1.82, 2.24) is 52.4 Å². The molecule has 1 aliphatic heterocycles. The molecular weight excluding hydrogens is 1130 g/mol. The van der Waals surface area contributed by atoms with Gasteiger partial charge in [-0.15, -0.1) is 12.4 Å². The third kappa shape index (κ3) is 22.8. The van der Waals surface area contributed by atoms with Gasteiger partial charge in [0.2, 0.25) is 47.3 Å². The highest BCUT2D eigenvalue weighted by Gasteiger charge is 2.39. The molecule has 27 heteroatoms. The number of benzene rings is 3. The predicted octanol–water partition coefficient (Wildman–Crippen LogP) is 0.950. The number of aromatic nitrogens is 1. The number of fused-ring (bicyclic) bond motifs is 1. The number of aliphatic hydroxyl groups excluding tert-OH is 1. The summed E-state index contributed by atoms with van der Waals surface area (Å²) in [6.45, 7) is 9.15. The van der Waals surface area contributed by atoms with Gasteiger partial charge in [0.25, 0.3) is 0 Å². The van der Waals surface area contributed by atoms with Crippen LogP contribution in [0.25, 0.3) is 10.9 Å². The number of carbonyl (C=O) groups is 9. The van der Waals surface area contributed by atoms with E-state index in [2.05, 4.69) is 52.5 Å². The summed E-state index contributed by atoms with van der Waals surface area (Å²) >= 11 is 0. The number of aliphatic imine (C=N–C) groups is 1. The molecule has 0 radical (unpaired) electrons. The molecule has 0 bridgehead atoms. The van der Waals surface area contributed by atoms with E-state index in [4.69, 9.17) is 20.9 Å². The number of aromatic amines is 1. The van der Waals surface area contributed by atoms with Gasteiger partial charge in [0, 0.05) is 49.6 Å². The molecule has 470 valence electrons. The number of hydrogen-bond donors (Lipinski definition) is 13. The molecule has 26 nitrogen and oxygen atoms in total. The number of nitrogens with two attached hydrogens (primary N) is 2. The number of rotatable bonds is 31. The van der Waals surface area contributed by atoms with Crippen molar-refractivity contribution in [2.75, 3.05) is 39.4 Å². The lowest BCUT2D eigenvalue weighted by Crippen LogP contribution is -2.60. The van der Waals surface area contributed by atoms with Crippen LogP contribution in [0.15, 0.2) is 90.1 Å². The van der Waals surface area contributed by atoms with Gasteiger partial charge in [0.15, 0.2) is 5.96 Å². The Bertz CT molecular complexity index is 2940. The van der Waals surface area contributed by atoms with Crippen LogP contribution in [0.4, 0.5) is 4.79 Å². The number of aliphatic hydroxyl groups is 1. The van der Waals surface area contributed by atoms with Crippen LogP contribution in [0.3, 0.4) is 0 Å². The van der Waals surface area contributed by atoms with Crippen LogP contribution in [0.5, 0.6) is 5.75 Å². The van der Waals surface area contributed by atoms with E-state index in [9.17, 15) is 53.4 Å². The number of halogens is 1. The Labute approximate surface area is 506 Å². The van der Waals surface area contributed by atoms with Crippen LogP contribution in [0.2, 0.25) is 0 Å². The van der Waals surface area contributed by atoms with E-state index in [1.807, 2.05) is 56.3 Å². The van der Waals surface area contributed by atoms with Crippen molar-refractivity contribution in [3.05, 3.63) is 102 Å².